The third-order valence-electron chi connectivity index (χ3n) is 5.58. The Hall–Kier alpha value is -2.93. The summed E-state index contributed by atoms with van der Waals surface area (Å²) >= 11 is 0. The lowest BCUT2D eigenvalue weighted by molar-refractivity contribution is -0.154. The average Bonchev–Trinajstić information content (AvgIpc) is 2.86. The second kappa shape index (κ2) is 11.6. The number of pyridine rings is 1. The lowest BCUT2D eigenvalue weighted by Gasteiger charge is -2.38. The summed E-state index contributed by atoms with van der Waals surface area (Å²) in [6.07, 6.45) is 1.53. The SMILES string of the molecule is CC[C@](OCc1ccccc1)(c1ccnc(OC)c1OCCc1ccccc1)[C@H](O)CO. The maximum atomic E-state index is 10.9. The molecule has 0 aliphatic heterocycles. The van der Waals surface area contributed by atoms with Gasteiger partial charge in [-0.3, -0.25) is 0 Å². The molecule has 3 rings (SSSR count). The largest absolute Gasteiger partial charge is 0.487 e. The molecule has 0 aliphatic rings. The van der Waals surface area contributed by atoms with Crippen LogP contribution in [0.15, 0.2) is 72.9 Å². The Morgan fingerprint density at radius 3 is 2.22 bits per heavy atom. The highest BCUT2D eigenvalue weighted by Crippen LogP contribution is 2.43. The summed E-state index contributed by atoms with van der Waals surface area (Å²) in [5, 5.41) is 20.8. The highest BCUT2D eigenvalue weighted by Gasteiger charge is 2.42. The van der Waals surface area contributed by atoms with E-state index in [2.05, 4.69) is 4.98 Å². The van der Waals surface area contributed by atoms with E-state index in [9.17, 15) is 10.2 Å². The van der Waals surface area contributed by atoms with E-state index in [1.807, 2.05) is 67.6 Å². The van der Waals surface area contributed by atoms with Crippen LogP contribution in [0.5, 0.6) is 11.6 Å². The maximum absolute atomic E-state index is 10.9. The van der Waals surface area contributed by atoms with E-state index >= 15 is 0 Å². The van der Waals surface area contributed by atoms with Gasteiger partial charge in [0, 0.05) is 18.2 Å². The summed E-state index contributed by atoms with van der Waals surface area (Å²) < 4.78 is 18.0. The number of aliphatic hydroxyl groups excluding tert-OH is 2. The van der Waals surface area contributed by atoms with Gasteiger partial charge in [-0.1, -0.05) is 67.6 Å². The van der Waals surface area contributed by atoms with Gasteiger partial charge in [0.25, 0.3) is 5.88 Å². The Balaban J connectivity index is 1.93. The summed E-state index contributed by atoms with van der Waals surface area (Å²) in [4.78, 5) is 4.29. The second-order valence-electron chi connectivity index (χ2n) is 7.50. The first kappa shape index (κ1) is 23.7. The second-order valence-corrected chi connectivity index (χ2v) is 7.50. The third-order valence-corrected chi connectivity index (χ3v) is 5.58. The number of nitrogens with zero attached hydrogens (tertiary/aromatic N) is 1. The Kier molecular flexibility index (Phi) is 8.62. The molecule has 0 saturated carbocycles. The van der Waals surface area contributed by atoms with E-state index in [1.54, 1.807) is 12.3 Å². The van der Waals surface area contributed by atoms with Crippen LogP contribution in [0, 0.1) is 0 Å². The van der Waals surface area contributed by atoms with Crippen LogP contribution in [-0.2, 0) is 23.4 Å². The topological polar surface area (TPSA) is 81.0 Å². The van der Waals surface area contributed by atoms with Gasteiger partial charge in [0.1, 0.15) is 11.7 Å². The fourth-order valence-electron chi connectivity index (χ4n) is 3.78. The molecule has 6 heteroatoms. The van der Waals surface area contributed by atoms with Crippen LogP contribution in [0.4, 0.5) is 0 Å². The smallest absolute Gasteiger partial charge is 0.257 e. The van der Waals surface area contributed by atoms with Crippen molar-refractivity contribution in [1.29, 1.82) is 0 Å². The van der Waals surface area contributed by atoms with Crippen molar-refractivity contribution in [2.75, 3.05) is 20.3 Å². The van der Waals surface area contributed by atoms with Crippen molar-refractivity contribution in [2.45, 2.75) is 38.1 Å². The van der Waals surface area contributed by atoms with Gasteiger partial charge in [-0.2, -0.15) is 0 Å². The molecule has 0 amide bonds. The van der Waals surface area contributed by atoms with Gasteiger partial charge in [-0.05, 0) is 23.6 Å². The molecule has 6 nitrogen and oxygen atoms in total. The summed E-state index contributed by atoms with van der Waals surface area (Å²) in [7, 11) is 1.52. The minimum Gasteiger partial charge on any atom is -0.487 e. The molecule has 0 spiro atoms. The van der Waals surface area contributed by atoms with Crippen LogP contribution < -0.4 is 9.47 Å². The van der Waals surface area contributed by atoms with Crippen LogP contribution in [0.25, 0.3) is 0 Å². The average molecular weight is 438 g/mol. The third kappa shape index (κ3) is 5.46. The van der Waals surface area contributed by atoms with Crippen molar-refractivity contribution in [2.24, 2.45) is 0 Å². The molecule has 170 valence electrons. The fraction of sp³-hybridized carbons (Fsp3) is 0.346. The number of aliphatic hydroxyl groups is 2. The summed E-state index contributed by atoms with van der Waals surface area (Å²) in [5.41, 5.74) is 1.50. The molecule has 0 unspecified atom stereocenters. The molecule has 2 N–H and O–H groups in total. The first-order chi connectivity index (χ1) is 15.6. The molecule has 3 aromatic rings. The molecular weight excluding hydrogens is 406 g/mol. The zero-order valence-electron chi connectivity index (χ0n) is 18.6. The number of hydrogen-bond donors (Lipinski definition) is 2. The monoisotopic (exact) mass is 437 g/mol. The van der Waals surface area contributed by atoms with E-state index < -0.39 is 18.3 Å². The van der Waals surface area contributed by atoms with Gasteiger partial charge in [-0.25, -0.2) is 4.98 Å². The van der Waals surface area contributed by atoms with Gasteiger partial charge in [-0.15, -0.1) is 0 Å². The van der Waals surface area contributed by atoms with Crippen LogP contribution in [0.1, 0.15) is 30.0 Å². The highest BCUT2D eigenvalue weighted by molar-refractivity contribution is 5.46. The predicted molar refractivity (Wildman–Crippen MR) is 123 cm³/mol. The Morgan fingerprint density at radius 2 is 1.62 bits per heavy atom. The molecular formula is C26H31NO5. The number of benzene rings is 2. The van der Waals surface area contributed by atoms with Crippen molar-refractivity contribution < 1.29 is 24.4 Å². The number of ether oxygens (including phenoxy) is 3. The molecule has 2 aromatic carbocycles. The minimum atomic E-state index is -1.21. The Labute approximate surface area is 189 Å². The quantitative estimate of drug-likeness (QED) is 0.448. The Bertz CT molecular complexity index is 951. The standard InChI is InChI=1S/C26H31NO5/c1-3-26(23(29)18-28,32-19-21-12-8-5-9-13-21)22-14-16-27-25(30-2)24(22)31-17-15-20-10-6-4-7-11-20/h4-14,16,23,28-29H,3,15,17-19H2,1-2H3/t23-,26+/m1/s1. The number of aromatic nitrogens is 1. The predicted octanol–water partition coefficient (Wildman–Crippen LogP) is 3.89. The summed E-state index contributed by atoms with van der Waals surface area (Å²) in [5.74, 6) is 0.718. The van der Waals surface area contributed by atoms with E-state index in [1.165, 1.54) is 7.11 Å². The zero-order chi connectivity index (χ0) is 22.8. The van der Waals surface area contributed by atoms with Crippen molar-refractivity contribution in [3.63, 3.8) is 0 Å². The number of rotatable bonds is 12. The zero-order valence-corrected chi connectivity index (χ0v) is 18.6. The maximum Gasteiger partial charge on any atom is 0.257 e. The lowest BCUT2D eigenvalue weighted by Crippen LogP contribution is -2.44. The Morgan fingerprint density at radius 1 is 0.969 bits per heavy atom. The molecule has 0 bridgehead atoms. The van der Waals surface area contributed by atoms with Gasteiger partial charge >= 0.3 is 0 Å². The van der Waals surface area contributed by atoms with Crippen LogP contribution >= 0.6 is 0 Å². The highest BCUT2D eigenvalue weighted by atomic mass is 16.5. The minimum absolute atomic E-state index is 0.264. The van der Waals surface area contributed by atoms with Crippen LogP contribution in [0.2, 0.25) is 0 Å². The van der Waals surface area contributed by atoms with Gasteiger partial charge < -0.3 is 24.4 Å². The first-order valence-electron chi connectivity index (χ1n) is 10.8. The van der Waals surface area contributed by atoms with E-state index in [-0.39, 0.29) is 6.61 Å². The van der Waals surface area contributed by atoms with E-state index in [0.717, 1.165) is 11.1 Å². The van der Waals surface area contributed by atoms with Crippen LogP contribution in [0.3, 0.4) is 0 Å². The van der Waals surface area contributed by atoms with Crippen LogP contribution in [-0.4, -0.2) is 41.6 Å². The fourth-order valence-corrected chi connectivity index (χ4v) is 3.78. The first-order valence-corrected chi connectivity index (χ1v) is 10.8. The molecule has 0 saturated heterocycles. The van der Waals surface area contributed by atoms with Crippen molar-refractivity contribution in [1.82, 2.24) is 4.98 Å². The molecule has 1 heterocycles. The molecule has 2 atom stereocenters. The molecule has 0 radical (unpaired) electrons. The van der Waals surface area contributed by atoms with E-state index in [0.29, 0.717) is 36.6 Å². The summed E-state index contributed by atoms with van der Waals surface area (Å²) in [6.45, 7) is 2.11. The number of methoxy groups -OCH3 is 1. The molecule has 0 aliphatic carbocycles. The summed E-state index contributed by atoms with van der Waals surface area (Å²) in [6, 6.07) is 21.5. The number of hydrogen-bond acceptors (Lipinski definition) is 6. The molecule has 1 aromatic heterocycles. The van der Waals surface area contributed by atoms with Crippen molar-refractivity contribution >= 4 is 0 Å². The van der Waals surface area contributed by atoms with E-state index in [4.69, 9.17) is 14.2 Å². The molecule has 32 heavy (non-hydrogen) atoms. The van der Waals surface area contributed by atoms with Gasteiger partial charge in [0.05, 0.1) is 26.9 Å². The molecule has 0 fully saturated rings. The van der Waals surface area contributed by atoms with Crippen molar-refractivity contribution in [3.8, 4) is 11.6 Å². The lowest BCUT2D eigenvalue weighted by atomic mass is 9.85. The van der Waals surface area contributed by atoms with Gasteiger partial charge in [0.2, 0.25) is 0 Å². The normalized spacial score (nSPS) is 13.9. The van der Waals surface area contributed by atoms with Gasteiger partial charge in [0.15, 0.2) is 5.75 Å². The van der Waals surface area contributed by atoms with Crippen molar-refractivity contribution in [3.05, 3.63) is 89.6 Å².